The Kier molecular flexibility index (Phi) is 12.8. The summed E-state index contributed by atoms with van der Waals surface area (Å²) >= 11 is 6.61. The van der Waals surface area contributed by atoms with E-state index in [-0.39, 0.29) is 42.8 Å². The number of carbonyl (C=O) groups is 2. The zero-order chi connectivity index (χ0) is 33.8. The number of hydrogen-bond acceptors (Lipinski definition) is 10. The van der Waals surface area contributed by atoms with Gasteiger partial charge < -0.3 is 19.5 Å². The number of aryl methyl sites for hydroxylation is 1. The Bertz CT molecular complexity index is 1620. The number of hydrogen-bond donors (Lipinski definition) is 2. The van der Waals surface area contributed by atoms with Crippen molar-refractivity contribution in [3.05, 3.63) is 80.9 Å². The lowest BCUT2D eigenvalue weighted by atomic mass is 9.98. The van der Waals surface area contributed by atoms with Crippen molar-refractivity contribution in [1.29, 1.82) is 0 Å². The minimum Gasteiger partial charge on any atom is -0.463 e. The number of nitrogens with one attached hydrogen (secondary N) is 2. The number of aromatic nitrogens is 6. The standard InChI is InChI=1S/C32H39ClN8O6/c1-4-5-11-27-35-30(33)29(32(43)34-24(18-21(2)3)20-46-28(42)12-8-17-47-41(44)45)40(27)19-22-13-15-23(16-14-22)25-9-6-7-10-26(25)31-36-38-39-37-31/h6-7,9-10,13-16,21,24H,4-5,8,11-12,17-20H2,1-3H3,(H,34,43)(H,36,37,38,39). The van der Waals surface area contributed by atoms with Crippen molar-refractivity contribution in [1.82, 2.24) is 35.5 Å². The maximum Gasteiger partial charge on any atom is 0.305 e. The second-order valence-corrected chi connectivity index (χ2v) is 11.8. The van der Waals surface area contributed by atoms with Crippen molar-refractivity contribution in [3.63, 3.8) is 0 Å². The highest BCUT2D eigenvalue weighted by atomic mass is 35.5. The lowest BCUT2D eigenvalue weighted by molar-refractivity contribution is -0.757. The summed E-state index contributed by atoms with van der Waals surface area (Å²) in [4.78, 5) is 45.1. The molecule has 4 rings (SSSR count). The van der Waals surface area contributed by atoms with E-state index in [1.807, 2.05) is 66.9 Å². The SMILES string of the molecule is CCCCc1nc(Cl)c(C(=O)NC(COC(=O)CCCO[N+](=O)[O-])CC(C)C)n1Cc1ccc(-c2ccccc2-c2nn[nH]n2)cc1. The van der Waals surface area contributed by atoms with Crippen LogP contribution in [0.1, 0.15) is 74.8 Å². The molecule has 0 saturated heterocycles. The Morgan fingerprint density at radius 3 is 2.51 bits per heavy atom. The molecular formula is C32H39ClN8O6. The molecule has 0 aliphatic heterocycles. The second kappa shape index (κ2) is 17.2. The molecule has 2 aromatic carbocycles. The number of carbonyl (C=O) groups excluding carboxylic acids is 2. The molecule has 1 amide bonds. The van der Waals surface area contributed by atoms with Crippen LogP contribution in [0.25, 0.3) is 22.5 Å². The zero-order valence-corrected chi connectivity index (χ0v) is 27.4. The number of rotatable bonds is 18. The van der Waals surface area contributed by atoms with Gasteiger partial charge in [-0.05, 0) is 47.1 Å². The van der Waals surface area contributed by atoms with Gasteiger partial charge in [0.1, 0.15) is 18.1 Å². The molecule has 1 atom stereocenters. The first-order valence-corrected chi connectivity index (χ1v) is 15.9. The van der Waals surface area contributed by atoms with E-state index in [2.05, 4.69) is 42.7 Å². The number of imidazole rings is 1. The van der Waals surface area contributed by atoms with E-state index in [0.717, 1.165) is 35.1 Å². The van der Waals surface area contributed by atoms with Gasteiger partial charge in [0, 0.05) is 24.9 Å². The van der Waals surface area contributed by atoms with E-state index in [9.17, 15) is 19.7 Å². The van der Waals surface area contributed by atoms with Gasteiger partial charge in [0.25, 0.3) is 11.0 Å². The van der Waals surface area contributed by atoms with Gasteiger partial charge in [0.2, 0.25) is 5.82 Å². The van der Waals surface area contributed by atoms with Crippen LogP contribution in [-0.4, -0.2) is 66.4 Å². The molecule has 0 bridgehead atoms. The topological polar surface area (TPSA) is 180 Å². The first kappa shape index (κ1) is 35.0. The van der Waals surface area contributed by atoms with Crippen molar-refractivity contribution in [3.8, 4) is 22.5 Å². The Balaban J connectivity index is 1.51. The largest absolute Gasteiger partial charge is 0.463 e. The average Bonchev–Trinajstić information content (AvgIpc) is 3.69. The van der Waals surface area contributed by atoms with Crippen LogP contribution in [-0.2, 0) is 27.3 Å². The number of nitrogens with zero attached hydrogens (tertiary/aromatic N) is 6. The maximum absolute atomic E-state index is 13.8. The van der Waals surface area contributed by atoms with E-state index in [4.69, 9.17) is 16.3 Å². The summed E-state index contributed by atoms with van der Waals surface area (Å²) in [5, 5.41) is 26.9. The van der Waals surface area contributed by atoms with Gasteiger partial charge in [0.15, 0.2) is 5.15 Å². The number of ether oxygens (including phenoxy) is 1. The van der Waals surface area contributed by atoms with Gasteiger partial charge in [-0.3, -0.25) is 9.59 Å². The number of amides is 1. The number of esters is 1. The van der Waals surface area contributed by atoms with Crippen LogP contribution in [0.2, 0.25) is 5.15 Å². The molecule has 250 valence electrons. The summed E-state index contributed by atoms with van der Waals surface area (Å²) in [6, 6.07) is 15.3. The Morgan fingerprint density at radius 1 is 1.11 bits per heavy atom. The van der Waals surface area contributed by atoms with E-state index in [1.165, 1.54) is 0 Å². The van der Waals surface area contributed by atoms with E-state index in [0.29, 0.717) is 31.0 Å². The summed E-state index contributed by atoms with van der Waals surface area (Å²) in [6.45, 7) is 6.19. The molecule has 0 radical (unpaired) electrons. The maximum atomic E-state index is 13.8. The fourth-order valence-corrected chi connectivity index (χ4v) is 5.46. The van der Waals surface area contributed by atoms with Gasteiger partial charge in [-0.1, -0.05) is 87.3 Å². The number of aromatic amines is 1. The van der Waals surface area contributed by atoms with Gasteiger partial charge in [-0.25, -0.2) is 4.98 Å². The van der Waals surface area contributed by atoms with Crippen molar-refractivity contribution < 1.29 is 24.3 Å². The van der Waals surface area contributed by atoms with Crippen molar-refractivity contribution in [2.45, 2.75) is 71.9 Å². The fourth-order valence-electron chi connectivity index (χ4n) is 5.17. The third-order valence-corrected chi connectivity index (χ3v) is 7.61. The highest BCUT2D eigenvalue weighted by Crippen LogP contribution is 2.30. The second-order valence-electron chi connectivity index (χ2n) is 11.5. The normalized spacial score (nSPS) is 11.8. The Hall–Kier alpha value is -4.85. The quantitative estimate of drug-likeness (QED) is 0.0600. The van der Waals surface area contributed by atoms with E-state index >= 15 is 0 Å². The summed E-state index contributed by atoms with van der Waals surface area (Å²) in [6.07, 6.45) is 3.11. The minimum atomic E-state index is -0.905. The molecule has 47 heavy (non-hydrogen) atoms. The van der Waals surface area contributed by atoms with Crippen LogP contribution in [0.3, 0.4) is 0 Å². The van der Waals surface area contributed by atoms with Gasteiger partial charge in [-0.2, -0.15) is 5.21 Å². The van der Waals surface area contributed by atoms with Crippen molar-refractivity contribution >= 4 is 23.5 Å². The molecule has 0 saturated carbocycles. The summed E-state index contributed by atoms with van der Waals surface area (Å²) in [5.74, 6) is 0.445. The monoisotopic (exact) mass is 666 g/mol. The lowest BCUT2D eigenvalue weighted by Gasteiger charge is -2.21. The predicted molar refractivity (Wildman–Crippen MR) is 174 cm³/mol. The molecule has 2 heterocycles. The Labute approximate surface area is 277 Å². The molecular weight excluding hydrogens is 628 g/mol. The minimum absolute atomic E-state index is 0.0446. The lowest BCUT2D eigenvalue weighted by Crippen LogP contribution is -2.40. The third-order valence-electron chi connectivity index (χ3n) is 7.35. The third kappa shape index (κ3) is 10.1. The molecule has 0 aliphatic rings. The predicted octanol–water partition coefficient (Wildman–Crippen LogP) is 5.45. The molecule has 2 N–H and O–H groups in total. The highest BCUT2D eigenvalue weighted by molar-refractivity contribution is 6.32. The van der Waals surface area contributed by atoms with Crippen LogP contribution in [0, 0.1) is 16.0 Å². The number of halogens is 1. The molecule has 14 nitrogen and oxygen atoms in total. The highest BCUT2D eigenvalue weighted by Gasteiger charge is 2.25. The summed E-state index contributed by atoms with van der Waals surface area (Å²) in [7, 11) is 0. The van der Waals surface area contributed by atoms with Crippen LogP contribution < -0.4 is 5.32 Å². The first-order chi connectivity index (χ1) is 22.7. The Morgan fingerprint density at radius 2 is 1.85 bits per heavy atom. The molecule has 1 unspecified atom stereocenters. The zero-order valence-electron chi connectivity index (χ0n) is 26.6. The number of tetrazole rings is 1. The van der Waals surface area contributed by atoms with Gasteiger partial charge >= 0.3 is 5.97 Å². The van der Waals surface area contributed by atoms with E-state index in [1.54, 1.807) is 0 Å². The molecule has 2 aromatic heterocycles. The average molecular weight is 667 g/mol. The van der Waals surface area contributed by atoms with Crippen molar-refractivity contribution in [2.24, 2.45) is 5.92 Å². The summed E-state index contributed by atoms with van der Waals surface area (Å²) < 4.78 is 7.25. The number of unbranched alkanes of at least 4 members (excludes halogenated alkanes) is 1. The molecule has 0 fully saturated rings. The molecule has 15 heteroatoms. The van der Waals surface area contributed by atoms with Crippen LogP contribution in [0.15, 0.2) is 48.5 Å². The van der Waals surface area contributed by atoms with Crippen LogP contribution in [0.5, 0.6) is 0 Å². The smallest absolute Gasteiger partial charge is 0.305 e. The van der Waals surface area contributed by atoms with Crippen LogP contribution in [0.4, 0.5) is 0 Å². The molecule has 0 aliphatic carbocycles. The first-order valence-electron chi connectivity index (χ1n) is 15.6. The number of benzene rings is 2. The van der Waals surface area contributed by atoms with Gasteiger partial charge in [0.05, 0.1) is 12.6 Å². The fraction of sp³-hybridized carbons (Fsp3) is 0.438. The van der Waals surface area contributed by atoms with E-state index < -0.39 is 23.0 Å². The number of H-pyrrole nitrogens is 1. The van der Waals surface area contributed by atoms with Crippen molar-refractivity contribution in [2.75, 3.05) is 13.2 Å². The van der Waals surface area contributed by atoms with Crippen LogP contribution >= 0.6 is 11.6 Å². The van der Waals surface area contributed by atoms with Gasteiger partial charge in [-0.15, -0.1) is 20.3 Å². The molecule has 0 spiro atoms. The summed E-state index contributed by atoms with van der Waals surface area (Å²) in [5.41, 5.74) is 3.96. The molecule has 4 aromatic rings.